The van der Waals surface area contributed by atoms with Gasteiger partial charge in [0.2, 0.25) is 0 Å². The van der Waals surface area contributed by atoms with Crippen LogP contribution in [0.15, 0.2) is 24.3 Å². The monoisotopic (exact) mass is 274 g/mol. The molecule has 2 rings (SSSR count). The van der Waals surface area contributed by atoms with Gasteiger partial charge in [-0.1, -0.05) is 19.1 Å². The molecule has 1 heterocycles. The van der Waals surface area contributed by atoms with Gasteiger partial charge in [0, 0.05) is 17.7 Å². The van der Waals surface area contributed by atoms with Crippen LogP contribution in [-0.2, 0) is 0 Å². The van der Waals surface area contributed by atoms with Crippen LogP contribution in [0.2, 0.25) is 0 Å². The third kappa shape index (κ3) is 3.67. The molecule has 0 radical (unpaired) electrons. The van der Waals surface area contributed by atoms with Crippen LogP contribution in [0.25, 0.3) is 0 Å². The number of hydrogen-bond donors (Lipinski definition) is 2. The number of carbonyl (C=O) groups is 2. The zero-order chi connectivity index (χ0) is 14.6. The Morgan fingerprint density at radius 3 is 2.25 bits per heavy atom. The molecule has 108 valence electrons. The summed E-state index contributed by atoms with van der Waals surface area (Å²) in [4.78, 5) is 23.3. The van der Waals surface area contributed by atoms with Gasteiger partial charge in [-0.3, -0.25) is 9.59 Å². The molecule has 20 heavy (non-hydrogen) atoms. The third-order valence-electron chi connectivity index (χ3n) is 4.04. The fourth-order valence-corrected chi connectivity index (χ4v) is 2.46. The smallest absolute Gasteiger partial charge is 0.251 e. The number of nitrogens with one attached hydrogen (secondary N) is 2. The Morgan fingerprint density at radius 2 is 1.70 bits per heavy atom. The second-order valence-corrected chi connectivity index (χ2v) is 5.88. The molecule has 4 heteroatoms. The van der Waals surface area contributed by atoms with Crippen molar-refractivity contribution in [2.75, 3.05) is 19.6 Å². The second kappa shape index (κ2) is 6.18. The summed E-state index contributed by atoms with van der Waals surface area (Å²) in [5.74, 6) is -0.0564. The van der Waals surface area contributed by atoms with Crippen molar-refractivity contribution >= 4 is 11.7 Å². The Morgan fingerprint density at radius 1 is 1.15 bits per heavy atom. The average molecular weight is 274 g/mol. The minimum Gasteiger partial charge on any atom is -0.351 e. The lowest BCUT2D eigenvalue weighted by Gasteiger charge is -2.34. The van der Waals surface area contributed by atoms with Crippen LogP contribution in [0, 0.1) is 5.41 Å². The summed E-state index contributed by atoms with van der Waals surface area (Å²) in [6.45, 7) is 6.46. The highest BCUT2D eigenvalue weighted by Crippen LogP contribution is 2.26. The molecule has 1 aromatic rings. The van der Waals surface area contributed by atoms with E-state index in [0.717, 1.165) is 25.9 Å². The van der Waals surface area contributed by atoms with E-state index in [-0.39, 0.29) is 17.1 Å². The summed E-state index contributed by atoms with van der Waals surface area (Å²) in [7, 11) is 0. The Labute approximate surface area is 119 Å². The lowest BCUT2D eigenvalue weighted by molar-refractivity contribution is 0.0921. The van der Waals surface area contributed by atoms with Gasteiger partial charge in [-0.15, -0.1) is 0 Å². The number of carbonyl (C=O) groups excluding carboxylic acids is 2. The summed E-state index contributed by atoms with van der Waals surface area (Å²) < 4.78 is 0. The van der Waals surface area contributed by atoms with Crippen LogP contribution in [0.5, 0.6) is 0 Å². The first kappa shape index (κ1) is 14.7. The Kier molecular flexibility index (Phi) is 4.55. The van der Waals surface area contributed by atoms with Crippen molar-refractivity contribution in [3.8, 4) is 0 Å². The van der Waals surface area contributed by atoms with Gasteiger partial charge in [-0.05, 0) is 50.4 Å². The number of rotatable bonds is 4. The first-order chi connectivity index (χ1) is 9.50. The maximum Gasteiger partial charge on any atom is 0.251 e. The minimum atomic E-state index is -0.0696. The molecule has 0 aliphatic carbocycles. The van der Waals surface area contributed by atoms with Gasteiger partial charge in [0.25, 0.3) is 5.91 Å². The van der Waals surface area contributed by atoms with Crippen molar-refractivity contribution in [3.63, 3.8) is 0 Å². The number of hydrogen-bond acceptors (Lipinski definition) is 3. The predicted octanol–water partition coefficient (Wildman–Crippen LogP) is 2.01. The molecule has 2 N–H and O–H groups in total. The first-order valence-corrected chi connectivity index (χ1v) is 7.10. The average Bonchev–Trinajstić information content (AvgIpc) is 2.46. The summed E-state index contributed by atoms with van der Waals surface area (Å²) in [5, 5.41) is 6.34. The number of Topliss-reactive ketones (excluding diaryl/α,β-unsaturated/α-hetero) is 1. The van der Waals surface area contributed by atoms with E-state index in [1.54, 1.807) is 24.3 Å². The molecule has 0 spiro atoms. The molecule has 0 saturated carbocycles. The van der Waals surface area contributed by atoms with Gasteiger partial charge in [0.15, 0.2) is 5.78 Å². The lowest BCUT2D eigenvalue weighted by atomic mass is 9.81. The van der Waals surface area contributed by atoms with Gasteiger partial charge in [0.05, 0.1) is 0 Å². The lowest BCUT2D eigenvalue weighted by Crippen LogP contribution is -2.42. The van der Waals surface area contributed by atoms with Gasteiger partial charge in [0.1, 0.15) is 0 Å². The van der Waals surface area contributed by atoms with Gasteiger partial charge in [-0.25, -0.2) is 0 Å². The molecule has 1 aromatic carbocycles. The molecule has 1 saturated heterocycles. The van der Waals surface area contributed by atoms with Crippen LogP contribution in [0.3, 0.4) is 0 Å². The minimum absolute atomic E-state index is 0.0131. The van der Waals surface area contributed by atoms with Crippen LogP contribution in [0.4, 0.5) is 0 Å². The van der Waals surface area contributed by atoms with Crippen molar-refractivity contribution in [3.05, 3.63) is 35.4 Å². The van der Waals surface area contributed by atoms with Crippen molar-refractivity contribution in [2.45, 2.75) is 26.7 Å². The van der Waals surface area contributed by atoms with Gasteiger partial charge < -0.3 is 10.6 Å². The molecule has 0 unspecified atom stereocenters. The number of amides is 1. The SMILES string of the molecule is CC(=O)c1ccc(C(=O)NCC2(C)CCNCC2)cc1. The largest absolute Gasteiger partial charge is 0.351 e. The number of benzene rings is 1. The van der Waals surface area contributed by atoms with E-state index >= 15 is 0 Å². The summed E-state index contributed by atoms with van der Waals surface area (Å²) in [6.07, 6.45) is 2.16. The Bertz CT molecular complexity index is 488. The van der Waals surface area contributed by atoms with Crippen molar-refractivity contribution in [2.24, 2.45) is 5.41 Å². The van der Waals surface area contributed by atoms with Crippen LogP contribution >= 0.6 is 0 Å². The van der Waals surface area contributed by atoms with E-state index in [9.17, 15) is 9.59 Å². The predicted molar refractivity (Wildman–Crippen MR) is 79.0 cm³/mol. The van der Waals surface area contributed by atoms with Crippen LogP contribution < -0.4 is 10.6 Å². The zero-order valence-corrected chi connectivity index (χ0v) is 12.2. The van der Waals surface area contributed by atoms with E-state index in [4.69, 9.17) is 0 Å². The van der Waals surface area contributed by atoms with Crippen molar-refractivity contribution in [1.82, 2.24) is 10.6 Å². The van der Waals surface area contributed by atoms with E-state index in [2.05, 4.69) is 17.6 Å². The second-order valence-electron chi connectivity index (χ2n) is 5.88. The van der Waals surface area contributed by atoms with Crippen LogP contribution in [-0.4, -0.2) is 31.3 Å². The van der Waals surface area contributed by atoms with Crippen molar-refractivity contribution < 1.29 is 9.59 Å². The normalized spacial score (nSPS) is 17.5. The van der Waals surface area contributed by atoms with E-state index < -0.39 is 0 Å². The Hall–Kier alpha value is -1.68. The fourth-order valence-electron chi connectivity index (χ4n) is 2.46. The maximum atomic E-state index is 12.1. The van der Waals surface area contributed by atoms with Crippen molar-refractivity contribution in [1.29, 1.82) is 0 Å². The van der Waals surface area contributed by atoms with Gasteiger partial charge in [-0.2, -0.15) is 0 Å². The standard InChI is InChI=1S/C16H22N2O2/c1-12(19)13-3-5-14(6-4-13)15(20)18-11-16(2)7-9-17-10-8-16/h3-6,17H,7-11H2,1-2H3,(H,18,20). The van der Waals surface area contributed by atoms with E-state index in [1.165, 1.54) is 6.92 Å². The molecular weight excluding hydrogens is 252 g/mol. The molecule has 1 amide bonds. The molecular formula is C16H22N2O2. The third-order valence-corrected chi connectivity index (χ3v) is 4.04. The highest BCUT2D eigenvalue weighted by molar-refractivity contribution is 5.97. The van der Waals surface area contributed by atoms with Crippen LogP contribution in [0.1, 0.15) is 47.4 Å². The number of ketones is 1. The molecule has 0 bridgehead atoms. The quantitative estimate of drug-likeness (QED) is 0.826. The molecule has 4 nitrogen and oxygen atoms in total. The number of piperidine rings is 1. The maximum absolute atomic E-state index is 12.1. The molecule has 1 aliphatic heterocycles. The highest BCUT2D eigenvalue weighted by Gasteiger charge is 2.27. The highest BCUT2D eigenvalue weighted by atomic mass is 16.1. The fraction of sp³-hybridized carbons (Fsp3) is 0.500. The molecule has 0 aromatic heterocycles. The molecule has 0 atom stereocenters. The molecule has 1 aliphatic rings. The Balaban J connectivity index is 1.92. The zero-order valence-electron chi connectivity index (χ0n) is 12.2. The van der Waals surface area contributed by atoms with E-state index in [1.807, 2.05) is 0 Å². The summed E-state index contributed by atoms with van der Waals surface area (Å²) in [6, 6.07) is 6.81. The van der Waals surface area contributed by atoms with E-state index in [0.29, 0.717) is 17.7 Å². The first-order valence-electron chi connectivity index (χ1n) is 7.10. The molecule has 1 fully saturated rings. The summed E-state index contributed by atoms with van der Waals surface area (Å²) >= 11 is 0. The topological polar surface area (TPSA) is 58.2 Å². The van der Waals surface area contributed by atoms with Gasteiger partial charge >= 0.3 is 0 Å². The summed E-state index contributed by atoms with van der Waals surface area (Å²) in [5.41, 5.74) is 1.42.